The van der Waals surface area contributed by atoms with Gasteiger partial charge in [-0.2, -0.15) is 0 Å². The Kier molecular flexibility index (Phi) is 7.44. The van der Waals surface area contributed by atoms with Crippen LogP contribution in [0.4, 0.5) is 0 Å². The molecule has 0 aromatic heterocycles. The molecule has 0 aliphatic rings. The Morgan fingerprint density at radius 2 is 0.605 bits per heavy atom. The fraction of sp³-hybridized carbons (Fsp3) is 0. The molecular formula is C36H27S2+. The van der Waals surface area contributed by atoms with Crippen molar-refractivity contribution in [3.8, 4) is 22.3 Å². The summed E-state index contributed by atoms with van der Waals surface area (Å²) in [5, 5.41) is 0. The summed E-state index contributed by atoms with van der Waals surface area (Å²) in [6.07, 6.45) is 0. The van der Waals surface area contributed by atoms with Crippen LogP contribution in [0.1, 0.15) is 0 Å². The molecule has 0 bridgehead atoms. The summed E-state index contributed by atoms with van der Waals surface area (Å²) in [4.78, 5) is 6.50. The van der Waals surface area contributed by atoms with Crippen molar-refractivity contribution >= 4 is 22.7 Å². The molecule has 6 rings (SSSR count). The number of hydrogen-bond donors (Lipinski definition) is 0. The van der Waals surface area contributed by atoms with Crippen LogP contribution in [0.25, 0.3) is 22.3 Å². The van der Waals surface area contributed by atoms with Gasteiger partial charge in [0.15, 0.2) is 14.7 Å². The molecule has 0 unspecified atom stereocenters. The van der Waals surface area contributed by atoms with Crippen LogP contribution in [0.3, 0.4) is 0 Å². The van der Waals surface area contributed by atoms with E-state index in [1.807, 2.05) is 0 Å². The molecule has 2 heteroatoms. The van der Waals surface area contributed by atoms with Crippen molar-refractivity contribution < 1.29 is 0 Å². The normalized spacial score (nSPS) is 11.0. The van der Waals surface area contributed by atoms with Gasteiger partial charge >= 0.3 is 0 Å². The highest BCUT2D eigenvalue weighted by Gasteiger charge is 2.28. The van der Waals surface area contributed by atoms with E-state index in [2.05, 4.69) is 164 Å². The predicted octanol–water partition coefficient (Wildman–Crippen LogP) is 10.3. The van der Waals surface area contributed by atoms with E-state index in [1.54, 1.807) is 11.8 Å². The van der Waals surface area contributed by atoms with E-state index in [9.17, 15) is 0 Å². The lowest BCUT2D eigenvalue weighted by Crippen LogP contribution is -2.04. The van der Waals surface area contributed by atoms with Crippen molar-refractivity contribution in [1.29, 1.82) is 0 Å². The van der Waals surface area contributed by atoms with Crippen molar-refractivity contribution in [3.05, 3.63) is 164 Å². The van der Waals surface area contributed by atoms with Gasteiger partial charge in [-0.3, -0.25) is 0 Å². The summed E-state index contributed by atoms with van der Waals surface area (Å²) in [6, 6.07) is 58.9. The molecule has 0 saturated heterocycles. The SMILES string of the molecule is c1ccc(-c2ccc(-c3ccc(Sc4ccc([S+](c5ccccc5)c5ccccc5)cc4)cc3)cc2)cc1. The van der Waals surface area contributed by atoms with Gasteiger partial charge in [-0.1, -0.05) is 115 Å². The molecule has 0 atom stereocenters. The van der Waals surface area contributed by atoms with Gasteiger partial charge in [0.2, 0.25) is 0 Å². The van der Waals surface area contributed by atoms with Crippen LogP contribution in [0, 0.1) is 0 Å². The van der Waals surface area contributed by atoms with Crippen molar-refractivity contribution in [2.45, 2.75) is 24.5 Å². The Balaban J connectivity index is 1.17. The third-order valence-corrected chi connectivity index (χ3v) is 9.68. The van der Waals surface area contributed by atoms with E-state index in [0.717, 1.165) is 0 Å². The van der Waals surface area contributed by atoms with E-state index in [4.69, 9.17) is 0 Å². The van der Waals surface area contributed by atoms with E-state index in [-0.39, 0.29) is 10.9 Å². The molecule has 0 aliphatic carbocycles. The zero-order valence-electron chi connectivity index (χ0n) is 20.9. The van der Waals surface area contributed by atoms with Gasteiger partial charge in [0.25, 0.3) is 0 Å². The molecule has 0 amide bonds. The topological polar surface area (TPSA) is 0 Å². The molecule has 6 aromatic rings. The van der Waals surface area contributed by atoms with Crippen molar-refractivity contribution in [3.63, 3.8) is 0 Å². The first-order chi connectivity index (χ1) is 18.8. The van der Waals surface area contributed by atoms with Gasteiger partial charge in [-0.05, 0) is 82.9 Å². The van der Waals surface area contributed by atoms with Crippen LogP contribution in [0.2, 0.25) is 0 Å². The van der Waals surface area contributed by atoms with Crippen molar-refractivity contribution in [2.24, 2.45) is 0 Å². The van der Waals surface area contributed by atoms with E-state index >= 15 is 0 Å². The molecule has 0 heterocycles. The Bertz CT molecular complexity index is 1540. The zero-order chi connectivity index (χ0) is 25.6. The fourth-order valence-electron chi connectivity index (χ4n) is 4.50. The van der Waals surface area contributed by atoms with Gasteiger partial charge in [-0.25, -0.2) is 0 Å². The highest BCUT2D eigenvalue weighted by molar-refractivity contribution is 7.99. The quantitative estimate of drug-likeness (QED) is 0.188. The van der Waals surface area contributed by atoms with E-state index < -0.39 is 0 Å². The highest BCUT2D eigenvalue weighted by Crippen LogP contribution is 2.35. The number of rotatable bonds is 7. The maximum atomic E-state index is 2.29. The van der Waals surface area contributed by atoms with Crippen molar-refractivity contribution in [2.75, 3.05) is 0 Å². The summed E-state index contributed by atoms with van der Waals surface area (Å²) in [5.74, 6) is 0. The number of hydrogen-bond acceptors (Lipinski definition) is 1. The van der Waals surface area contributed by atoms with Crippen molar-refractivity contribution in [1.82, 2.24) is 0 Å². The molecule has 182 valence electrons. The molecule has 38 heavy (non-hydrogen) atoms. The van der Waals surface area contributed by atoms with Gasteiger partial charge in [0.05, 0.1) is 10.9 Å². The summed E-state index contributed by atoms with van der Waals surface area (Å²) in [6.45, 7) is 0. The minimum Gasteiger partial charge on any atom is -0.0901 e. The lowest BCUT2D eigenvalue weighted by Gasteiger charge is -2.09. The molecule has 0 fully saturated rings. The maximum absolute atomic E-state index is 2.29. The third-order valence-electron chi connectivity index (χ3n) is 6.43. The summed E-state index contributed by atoms with van der Waals surface area (Å²) in [7, 11) is -0.117. The van der Waals surface area contributed by atoms with Crippen LogP contribution in [0.5, 0.6) is 0 Å². The lowest BCUT2D eigenvalue weighted by atomic mass is 10.0. The van der Waals surface area contributed by atoms with Gasteiger partial charge in [-0.15, -0.1) is 0 Å². The largest absolute Gasteiger partial charge is 0.166 e. The average Bonchev–Trinajstić information content (AvgIpc) is 3.00. The smallest absolute Gasteiger partial charge is 0.0901 e. The lowest BCUT2D eigenvalue weighted by molar-refractivity contribution is 1.28. The second-order valence-corrected chi connectivity index (χ2v) is 12.1. The molecular weight excluding hydrogens is 497 g/mol. The molecule has 0 aliphatic heterocycles. The van der Waals surface area contributed by atoms with E-state index in [1.165, 1.54) is 46.7 Å². The molecule has 0 radical (unpaired) electrons. The zero-order valence-corrected chi connectivity index (χ0v) is 22.5. The van der Waals surface area contributed by atoms with Gasteiger partial charge in [0.1, 0.15) is 0 Å². The monoisotopic (exact) mass is 523 g/mol. The van der Waals surface area contributed by atoms with E-state index in [0.29, 0.717) is 0 Å². The average molecular weight is 524 g/mol. The first kappa shape index (κ1) is 24.4. The van der Waals surface area contributed by atoms with Crippen LogP contribution in [0.15, 0.2) is 188 Å². The summed E-state index contributed by atoms with van der Waals surface area (Å²) >= 11 is 1.81. The third kappa shape index (κ3) is 5.62. The Hall–Kier alpha value is -3.98. The standard InChI is InChI=1S/C36H27S2/c1-4-10-28(11-5-1)29-16-18-30(19-17-29)31-20-22-32(23-21-31)37-33-24-26-36(27-25-33)38(34-12-6-2-7-13-34)35-14-8-3-9-15-35/h1-27H/q+1. The fourth-order valence-corrected chi connectivity index (χ4v) is 7.40. The maximum Gasteiger partial charge on any atom is 0.166 e. The first-order valence-electron chi connectivity index (χ1n) is 12.7. The van der Waals surface area contributed by atoms with Crippen LogP contribution < -0.4 is 0 Å². The molecule has 0 spiro atoms. The minimum atomic E-state index is -0.117. The Labute approximate surface area is 232 Å². The summed E-state index contributed by atoms with van der Waals surface area (Å²) in [5.41, 5.74) is 4.96. The van der Waals surface area contributed by atoms with Gasteiger partial charge < -0.3 is 0 Å². The molecule has 0 saturated carbocycles. The predicted molar refractivity (Wildman–Crippen MR) is 163 cm³/mol. The van der Waals surface area contributed by atoms with Crippen LogP contribution >= 0.6 is 11.8 Å². The first-order valence-corrected chi connectivity index (χ1v) is 14.8. The van der Waals surface area contributed by atoms with Crippen LogP contribution in [-0.4, -0.2) is 0 Å². The van der Waals surface area contributed by atoms with Gasteiger partial charge in [0, 0.05) is 9.79 Å². The minimum absolute atomic E-state index is 0.117. The molecule has 0 N–H and O–H groups in total. The van der Waals surface area contributed by atoms with Crippen LogP contribution in [-0.2, 0) is 10.9 Å². The summed E-state index contributed by atoms with van der Waals surface area (Å²) < 4.78 is 0. The second-order valence-electron chi connectivity index (χ2n) is 8.97. The Morgan fingerprint density at radius 1 is 0.289 bits per heavy atom. The highest BCUT2D eigenvalue weighted by atomic mass is 32.2. The second kappa shape index (κ2) is 11.6. The molecule has 0 nitrogen and oxygen atoms in total. The number of benzene rings is 6. The Morgan fingerprint density at radius 3 is 1.05 bits per heavy atom. The molecule has 6 aromatic carbocycles.